The predicted octanol–water partition coefficient (Wildman–Crippen LogP) is 3.81. The van der Waals surface area contributed by atoms with E-state index in [-0.39, 0.29) is 11.7 Å². The molecule has 2 aromatic rings. The fourth-order valence-electron chi connectivity index (χ4n) is 2.25. The van der Waals surface area contributed by atoms with E-state index in [1.165, 1.54) is 18.2 Å². The summed E-state index contributed by atoms with van der Waals surface area (Å²) >= 11 is 0. The van der Waals surface area contributed by atoms with Gasteiger partial charge in [0.2, 0.25) is 0 Å². The van der Waals surface area contributed by atoms with Crippen LogP contribution in [0.15, 0.2) is 42.5 Å². The van der Waals surface area contributed by atoms with Crippen molar-refractivity contribution in [1.29, 1.82) is 0 Å². The average Bonchev–Trinajstić information content (AvgIpc) is 2.46. The molecular weight excluding hydrogens is 355 g/mol. The van der Waals surface area contributed by atoms with Crippen LogP contribution in [-0.2, 0) is 16.4 Å². The van der Waals surface area contributed by atoms with Gasteiger partial charge in [0.1, 0.15) is 0 Å². The summed E-state index contributed by atoms with van der Waals surface area (Å²) in [4.78, 5) is 0. The highest BCUT2D eigenvalue weighted by atomic mass is 32.2. The lowest BCUT2D eigenvalue weighted by atomic mass is 10.0. The number of anilines is 2. The third kappa shape index (κ3) is 5.36. The second kappa shape index (κ2) is 6.93. The quantitative estimate of drug-likeness (QED) is 0.745. The molecule has 0 saturated heterocycles. The highest BCUT2D eigenvalue weighted by Crippen LogP contribution is 2.33. The average molecular weight is 373 g/mol. The Morgan fingerprint density at radius 3 is 2.00 bits per heavy atom. The maximum absolute atomic E-state index is 12.7. The first-order valence-corrected chi connectivity index (χ1v) is 8.89. The van der Waals surface area contributed by atoms with Crippen molar-refractivity contribution in [2.45, 2.75) is 26.1 Å². The number of hydrogen-bond donors (Lipinski definition) is 3. The highest BCUT2D eigenvalue weighted by molar-refractivity contribution is 7.90. The fourth-order valence-corrected chi connectivity index (χ4v) is 2.73. The summed E-state index contributed by atoms with van der Waals surface area (Å²) < 4.78 is 62.7. The van der Waals surface area contributed by atoms with Gasteiger partial charge in [-0.25, -0.2) is 5.14 Å². The van der Waals surface area contributed by atoms with E-state index in [1.54, 1.807) is 12.1 Å². The number of rotatable bonds is 5. The van der Waals surface area contributed by atoms with E-state index >= 15 is 0 Å². The van der Waals surface area contributed by atoms with Gasteiger partial charge in [-0.2, -0.15) is 21.6 Å². The Balaban J connectivity index is 2.42. The Labute approximate surface area is 144 Å². The summed E-state index contributed by atoms with van der Waals surface area (Å²) in [5.41, 5.74) is 1.20. The van der Waals surface area contributed by atoms with Crippen molar-refractivity contribution in [3.8, 4) is 11.1 Å². The third-order valence-electron chi connectivity index (χ3n) is 3.26. The lowest BCUT2D eigenvalue weighted by Gasteiger charge is -2.17. The highest BCUT2D eigenvalue weighted by Gasteiger charge is 2.30. The molecule has 0 unspecified atom stereocenters. The first-order chi connectivity index (χ1) is 11.5. The first kappa shape index (κ1) is 19.1. The molecule has 0 bridgehead atoms. The van der Waals surface area contributed by atoms with E-state index in [2.05, 4.69) is 10.0 Å². The molecule has 0 aromatic heterocycles. The Morgan fingerprint density at radius 2 is 1.52 bits per heavy atom. The molecule has 0 amide bonds. The first-order valence-electron chi connectivity index (χ1n) is 7.34. The smallest absolute Gasteiger partial charge is 0.381 e. The lowest BCUT2D eigenvalue weighted by molar-refractivity contribution is -0.137. The molecule has 0 aliphatic carbocycles. The maximum Gasteiger partial charge on any atom is 0.416 e. The van der Waals surface area contributed by atoms with Crippen LogP contribution in [0.3, 0.4) is 0 Å². The second-order valence-corrected chi connectivity index (χ2v) is 7.08. The molecule has 9 heteroatoms. The predicted molar refractivity (Wildman–Crippen MR) is 92.4 cm³/mol. The molecule has 0 aliphatic rings. The monoisotopic (exact) mass is 373 g/mol. The van der Waals surface area contributed by atoms with Gasteiger partial charge in [0, 0.05) is 6.04 Å². The van der Waals surface area contributed by atoms with E-state index in [1.807, 2.05) is 13.8 Å². The molecular formula is C16H18F3N3O2S. The summed E-state index contributed by atoms with van der Waals surface area (Å²) in [6, 6.07) is 9.49. The van der Waals surface area contributed by atoms with Crippen LogP contribution in [0.2, 0.25) is 0 Å². The molecule has 0 heterocycles. The number of benzene rings is 2. The summed E-state index contributed by atoms with van der Waals surface area (Å²) in [5.74, 6) is 0. The molecule has 4 N–H and O–H groups in total. The van der Waals surface area contributed by atoms with Crippen LogP contribution < -0.4 is 15.2 Å². The Hall–Kier alpha value is -2.26. The van der Waals surface area contributed by atoms with Gasteiger partial charge in [0.05, 0.1) is 16.9 Å². The van der Waals surface area contributed by atoms with Crippen molar-refractivity contribution in [3.63, 3.8) is 0 Å². The molecule has 0 spiro atoms. The molecule has 0 saturated carbocycles. The maximum atomic E-state index is 12.7. The van der Waals surface area contributed by atoms with Gasteiger partial charge in [0.25, 0.3) is 10.2 Å². The van der Waals surface area contributed by atoms with Gasteiger partial charge in [-0.15, -0.1) is 0 Å². The standard InChI is InChI=1S/C16H18F3N3O2S/c1-10(2)21-15-9-12(5-8-14(15)22-25(20,23)24)11-3-6-13(7-4-11)16(17,18)19/h3-10,21-22H,1-2H3,(H2,20,23,24). The number of hydrogen-bond acceptors (Lipinski definition) is 3. The van der Waals surface area contributed by atoms with Crippen molar-refractivity contribution < 1.29 is 21.6 Å². The van der Waals surface area contributed by atoms with Crippen LogP contribution >= 0.6 is 0 Å². The number of nitrogens with two attached hydrogens (primary N) is 1. The number of alkyl halides is 3. The summed E-state index contributed by atoms with van der Waals surface area (Å²) in [6.07, 6.45) is -4.40. The number of nitrogens with one attached hydrogen (secondary N) is 2. The second-order valence-electron chi connectivity index (χ2n) is 5.78. The zero-order valence-corrected chi connectivity index (χ0v) is 14.4. The van der Waals surface area contributed by atoms with Crippen molar-refractivity contribution in [2.24, 2.45) is 5.14 Å². The minimum Gasteiger partial charge on any atom is -0.381 e. The van der Waals surface area contributed by atoms with Gasteiger partial charge in [-0.05, 0) is 49.2 Å². The van der Waals surface area contributed by atoms with Gasteiger partial charge in [-0.3, -0.25) is 4.72 Å². The zero-order valence-electron chi connectivity index (χ0n) is 13.6. The Bertz CT molecular complexity index is 848. The van der Waals surface area contributed by atoms with Crippen LogP contribution in [0, 0.1) is 0 Å². The van der Waals surface area contributed by atoms with E-state index < -0.39 is 21.9 Å². The van der Waals surface area contributed by atoms with Gasteiger partial charge in [0.15, 0.2) is 0 Å². The Kier molecular flexibility index (Phi) is 5.28. The molecule has 0 aliphatic heterocycles. The van der Waals surface area contributed by atoms with Gasteiger partial charge in [-0.1, -0.05) is 18.2 Å². The minimum atomic E-state index is -4.40. The normalized spacial score (nSPS) is 12.3. The molecule has 5 nitrogen and oxygen atoms in total. The van der Waals surface area contributed by atoms with Crippen molar-refractivity contribution in [1.82, 2.24) is 0 Å². The van der Waals surface area contributed by atoms with Gasteiger partial charge < -0.3 is 5.32 Å². The summed E-state index contributed by atoms with van der Waals surface area (Å²) in [7, 11) is -3.95. The van der Waals surface area contributed by atoms with Crippen molar-refractivity contribution in [3.05, 3.63) is 48.0 Å². The zero-order chi connectivity index (χ0) is 18.8. The minimum absolute atomic E-state index is 0.00360. The summed E-state index contributed by atoms with van der Waals surface area (Å²) in [5, 5.41) is 8.08. The topological polar surface area (TPSA) is 84.2 Å². The lowest BCUT2D eigenvalue weighted by Crippen LogP contribution is -2.23. The largest absolute Gasteiger partial charge is 0.416 e. The van der Waals surface area contributed by atoms with E-state index in [4.69, 9.17) is 5.14 Å². The van der Waals surface area contributed by atoms with Crippen molar-refractivity contribution in [2.75, 3.05) is 10.0 Å². The molecule has 0 radical (unpaired) electrons. The fraction of sp³-hybridized carbons (Fsp3) is 0.250. The van der Waals surface area contributed by atoms with Crippen molar-refractivity contribution >= 4 is 21.6 Å². The van der Waals surface area contributed by atoms with Crippen LogP contribution in [0.1, 0.15) is 19.4 Å². The van der Waals surface area contributed by atoms with Crippen LogP contribution in [-0.4, -0.2) is 14.5 Å². The molecule has 0 atom stereocenters. The number of halogens is 3. The van der Waals surface area contributed by atoms with E-state index in [0.29, 0.717) is 16.8 Å². The molecule has 25 heavy (non-hydrogen) atoms. The molecule has 136 valence electrons. The summed E-state index contributed by atoms with van der Waals surface area (Å²) in [6.45, 7) is 3.73. The Morgan fingerprint density at radius 1 is 0.960 bits per heavy atom. The van der Waals surface area contributed by atoms with E-state index in [9.17, 15) is 21.6 Å². The van der Waals surface area contributed by atoms with Gasteiger partial charge >= 0.3 is 6.18 Å². The molecule has 2 rings (SSSR count). The third-order valence-corrected chi connectivity index (χ3v) is 3.77. The van der Waals surface area contributed by atoms with Crippen LogP contribution in [0.4, 0.5) is 24.5 Å². The van der Waals surface area contributed by atoms with Crippen LogP contribution in [0.25, 0.3) is 11.1 Å². The van der Waals surface area contributed by atoms with Crippen LogP contribution in [0.5, 0.6) is 0 Å². The SMILES string of the molecule is CC(C)Nc1cc(-c2ccc(C(F)(F)F)cc2)ccc1NS(N)(=O)=O. The molecule has 2 aromatic carbocycles. The molecule has 0 fully saturated rings. The van der Waals surface area contributed by atoms with E-state index in [0.717, 1.165) is 12.1 Å².